The van der Waals surface area contributed by atoms with Crippen LogP contribution in [0.2, 0.25) is 0 Å². The van der Waals surface area contributed by atoms with Gasteiger partial charge in [0.05, 0.1) is 12.4 Å². The molecule has 0 bridgehead atoms. The highest BCUT2D eigenvalue weighted by Gasteiger charge is 2.19. The molecule has 1 aliphatic rings. The Hall–Kier alpha value is -0.460. The molecule has 1 rings (SSSR count). The van der Waals surface area contributed by atoms with E-state index in [0.29, 0.717) is 0 Å². The van der Waals surface area contributed by atoms with Gasteiger partial charge >= 0.3 is 0 Å². The third kappa shape index (κ3) is 9.42. The van der Waals surface area contributed by atoms with E-state index < -0.39 is 0 Å². The summed E-state index contributed by atoms with van der Waals surface area (Å²) < 4.78 is 5.82. The molecule has 0 saturated heterocycles. The molecule has 0 spiro atoms. The van der Waals surface area contributed by atoms with Crippen LogP contribution in [0.15, 0.2) is 11.3 Å². The van der Waals surface area contributed by atoms with E-state index in [-0.39, 0.29) is 0 Å². The molecule has 0 N–H and O–H groups in total. The second-order valence-corrected chi connectivity index (χ2v) is 7.49. The lowest BCUT2D eigenvalue weighted by atomic mass is 9.84. The van der Waals surface area contributed by atoms with E-state index in [0.717, 1.165) is 12.5 Å². The van der Waals surface area contributed by atoms with Gasteiger partial charge in [0.15, 0.2) is 0 Å². The van der Waals surface area contributed by atoms with Gasteiger partial charge in [-0.15, -0.1) is 0 Å². The van der Waals surface area contributed by atoms with Gasteiger partial charge in [0.1, 0.15) is 0 Å². The van der Waals surface area contributed by atoms with Crippen molar-refractivity contribution < 1.29 is 4.74 Å². The molecule has 0 aromatic rings. The van der Waals surface area contributed by atoms with E-state index in [4.69, 9.17) is 4.74 Å². The molecule has 1 unspecified atom stereocenters. The molecule has 0 fully saturated rings. The predicted molar refractivity (Wildman–Crippen MR) is 103 cm³/mol. The average molecular weight is 323 g/mol. The summed E-state index contributed by atoms with van der Waals surface area (Å²) in [5.41, 5.74) is 1.66. The first kappa shape index (κ1) is 20.6. The summed E-state index contributed by atoms with van der Waals surface area (Å²) in [6.07, 6.45) is 20.9. The number of hydrogen-bond acceptors (Lipinski definition) is 1. The second kappa shape index (κ2) is 13.9. The molecule has 1 heterocycles. The normalized spacial score (nSPS) is 16.5. The molecule has 0 radical (unpaired) electrons. The number of hydrogen-bond donors (Lipinski definition) is 0. The standard InChI is InChI=1S/C22H42O/c1-4-6-8-9-10-11-12-13-14-17-21(16-7-5-2)22-18-15-19-23-20(22)3/h21H,4-19H2,1-3H3. The van der Waals surface area contributed by atoms with Gasteiger partial charge in [-0.25, -0.2) is 0 Å². The maximum absolute atomic E-state index is 5.82. The zero-order valence-corrected chi connectivity index (χ0v) is 16.3. The minimum atomic E-state index is 0.805. The van der Waals surface area contributed by atoms with Crippen LogP contribution in [0, 0.1) is 5.92 Å². The van der Waals surface area contributed by atoms with Crippen LogP contribution in [0.3, 0.4) is 0 Å². The van der Waals surface area contributed by atoms with Crippen molar-refractivity contribution in [1.29, 1.82) is 0 Å². The molecule has 136 valence electrons. The van der Waals surface area contributed by atoms with Crippen LogP contribution >= 0.6 is 0 Å². The molecule has 23 heavy (non-hydrogen) atoms. The zero-order valence-electron chi connectivity index (χ0n) is 16.3. The highest BCUT2D eigenvalue weighted by molar-refractivity contribution is 5.12. The van der Waals surface area contributed by atoms with Gasteiger partial charge in [0.25, 0.3) is 0 Å². The lowest BCUT2D eigenvalue weighted by Gasteiger charge is -2.26. The van der Waals surface area contributed by atoms with Gasteiger partial charge in [-0.1, -0.05) is 84.5 Å². The molecular weight excluding hydrogens is 280 g/mol. The van der Waals surface area contributed by atoms with Crippen molar-refractivity contribution in [3.05, 3.63) is 11.3 Å². The minimum absolute atomic E-state index is 0.805. The minimum Gasteiger partial charge on any atom is -0.498 e. The first-order chi connectivity index (χ1) is 11.3. The summed E-state index contributed by atoms with van der Waals surface area (Å²) >= 11 is 0. The number of rotatable bonds is 14. The van der Waals surface area contributed by atoms with Crippen LogP contribution in [0.4, 0.5) is 0 Å². The summed E-state index contributed by atoms with van der Waals surface area (Å²) in [5.74, 6) is 2.06. The molecule has 1 aliphatic heterocycles. The summed E-state index contributed by atoms with van der Waals surface area (Å²) in [6.45, 7) is 7.75. The van der Waals surface area contributed by atoms with E-state index in [9.17, 15) is 0 Å². The maximum Gasteiger partial charge on any atom is 0.0923 e. The van der Waals surface area contributed by atoms with Crippen molar-refractivity contribution in [1.82, 2.24) is 0 Å². The Bertz CT molecular complexity index is 305. The van der Waals surface area contributed by atoms with Crippen LogP contribution in [0.25, 0.3) is 0 Å². The first-order valence-corrected chi connectivity index (χ1v) is 10.6. The molecule has 1 nitrogen and oxygen atoms in total. The largest absolute Gasteiger partial charge is 0.498 e. The highest BCUT2D eigenvalue weighted by atomic mass is 16.5. The topological polar surface area (TPSA) is 9.23 Å². The number of unbranched alkanes of at least 4 members (excludes halogenated alkanes) is 9. The molecule has 1 atom stereocenters. The van der Waals surface area contributed by atoms with Gasteiger partial charge in [-0.2, -0.15) is 0 Å². The van der Waals surface area contributed by atoms with Crippen molar-refractivity contribution >= 4 is 0 Å². The zero-order chi connectivity index (χ0) is 16.8. The van der Waals surface area contributed by atoms with E-state index in [1.165, 1.54) is 102 Å². The van der Waals surface area contributed by atoms with Gasteiger partial charge in [0, 0.05) is 0 Å². The van der Waals surface area contributed by atoms with Crippen molar-refractivity contribution in [3.8, 4) is 0 Å². The average Bonchev–Trinajstić information content (AvgIpc) is 2.57. The van der Waals surface area contributed by atoms with Crippen LogP contribution in [0.5, 0.6) is 0 Å². The SMILES string of the molecule is CCCCCCCCCCCC(CCCC)C1=C(C)OCCC1. The summed E-state index contributed by atoms with van der Waals surface area (Å²) in [6, 6.07) is 0. The van der Waals surface area contributed by atoms with Crippen LogP contribution in [-0.4, -0.2) is 6.61 Å². The molecule has 0 aromatic heterocycles. The highest BCUT2D eigenvalue weighted by Crippen LogP contribution is 2.32. The molecule has 0 aromatic carbocycles. The quantitative estimate of drug-likeness (QED) is 0.296. The van der Waals surface area contributed by atoms with E-state index in [1.54, 1.807) is 5.57 Å². The maximum atomic E-state index is 5.82. The summed E-state index contributed by atoms with van der Waals surface area (Å²) in [4.78, 5) is 0. The Morgan fingerprint density at radius 2 is 1.35 bits per heavy atom. The number of ether oxygens (including phenoxy) is 1. The fourth-order valence-corrected chi connectivity index (χ4v) is 3.89. The summed E-state index contributed by atoms with van der Waals surface area (Å²) in [5, 5.41) is 0. The second-order valence-electron chi connectivity index (χ2n) is 7.49. The smallest absolute Gasteiger partial charge is 0.0923 e. The Kier molecular flexibility index (Phi) is 12.5. The Morgan fingerprint density at radius 3 is 1.96 bits per heavy atom. The number of allylic oxidation sites excluding steroid dienone is 2. The Morgan fingerprint density at radius 1 is 0.783 bits per heavy atom. The van der Waals surface area contributed by atoms with E-state index in [1.807, 2.05) is 0 Å². The third-order valence-electron chi connectivity index (χ3n) is 5.42. The lowest BCUT2D eigenvalue weighted by molar-refractivity contribution is 0.180. The van der Waals surface area contributed by atoms with Gasteiger partial charge < -0.3 is 4.74 Å². The van der Waals surface area contributed by atoms with Gasteiger partial charge in [-0.05, 0) is 44.1 Å². The monoisotopic (exact) mass is 322 g/mol. The molecular formula is C22H42O. The van der Waals surface area contributed by atoms with E-state index in [2.05, 4.69) is 20.8 Å². The molecule has 0 aliphatic carbocycles. The van der Waals surface area contributed by atoms with Crippen LogP contribution in [0.1, 0.15) is 117 Å². The fraction of sp³-hybridized carbons (Fsp3) is 0.909. The van der Waals surface area contributed by atoms with Gasteiger partial charge in [-0.3, -0.25) is 0 Å². The van der Waals surface area contributed by atoms with Crippen molar-refractivity contribution in [2.24, 2.45) is 5.92 Å². The summed E-state index contributed by atoms with van der Waals surface area (Å²) in [7, 11) is 0. The Labute approximate surface area is 146 Å². The fourth-order valence-electron chi connectivity index (χ4n) is 3.89. The first-order valence-electron chi connectivity index (χ1n) is 10.6. The van der Waals surface area contributed by atoms with Crippen LogP contribution < -0.4 is 0 Å². The van der Waals surface area contributed by atoms with Crippen LogP contribution in [-0.2, 0) is 4.74 Å². The Balaban J connectivity index is 2.19. The molecule has 0 saturated carbocycles. The van der Waals surface area contributed by atoms with Gasteiger partial charge in [0.2, 0.25) is 0 Å². The third-order valence-corrected chi connectivity index (χ3v) is 5.42. The molecule has 0 amide bonds. The van der Waals surface area contributed by atoms with Crippen molar-refractivity contribution in [2.75, 3.05) is 6.61 Å². The van der Waals surface area contributed by atoms with Crippen molar-refractivity contribution in [2.45, 2.75) is 117 Å². The van der Waals surface area contributed by atoms with Crippen molar-refractivity contribution in [3.63, 3.8) is 0 Å². The van der Waals surface area contributed by atoms with E-state index >= 15 is 0 Å². The molecule has 1 heteroatoms. The predicted octanol–water partition coefficient (Wildman–Crippen LogP) is 7.80. The lowest BCUT2D eigenvalue weighted by Crippen LogP contribution is -2.13.